The van der Waals surface area contributed by atoms with Crippen LogP contribution in [0.2, 0.25) is 0 Å². The van der Waals surface area contributed by atoms with Gasteiger partial charge >= 0.3 is 5.69 Å². The van der Waals surface area contributed by atoms with Gasteiger partial charge in [-0.25, -0.2) is 9.89 Å². The lowest BCUT2D eigenvalue weighted by Gasteiger charge is -2.27. The predicted octanol–water partition coefficient (Wildman–Crippen LogP) is 2.10. The molecule has 0 aromatic carbocycles. The second kappa shape index (κ2) is 5.36. The minimum atomic E-state index is -0.248. The molecule has 0 bridgehead atoms. The number of H-pyrrole nitrogens is 2. The minimum Gasteiger partial charge on any atom is -0.460 e. The van der Waals surface area contributed by atoms with Crippen LogP contribution in [0.4, 0.5) is 0 Å². The average molecular weight is 355 g/mol. The van der Waals surface area contributed by atoms with Gasteiger partial charge < -0.3 is 14.3 Å². The van der Waals surface area contributed by atoms with E-state index in [2.05, 4.69) is 15.2 Å². The number of aromatic nitrogens is 4. The first-order valence-corrected chi connectivity index (χ1v) is 9.04. The summed E-state index contributed by atoms with van der Waals surface area (Å²) >= 11 is 0. The van der Waals surface area contributed by atoms with Crippen LogP contribution in [0.3, 0.4) is 0 Å². The van der Waals surface area contributed by atoms with E-state index >= 15 is 0 Å². The van der Waals surface area contributed by atoms with Crippen molar-refractivity contribution in [2.24, 2.45) is 18.9 Å². The van der Waals surface area contributed by atoms with Crippen molar-refractivity contribution >= 4 is 17.0 Å². The second-order valence-corrected chi connectivity index (χ2v) is 7.50. The summed E-state index contributed by atoms with van der Waals surface area (Å²) in [5.74, 6) is 2.35. The molecule has 8 nitrogen and oxygen atoms in total. The highest BCUT2D eigenvalue weighted by Crippen LogP contribution is 2.50. The number of carbonyl (C=O) groups is 1. The Morgan fingerprint density at radius 3 is 2.77 bits per heavy atom. The molecule has 1 amide bonds. The normalized spacial score (nSPS) is 23.2. The average Bonchev–Trinajstić information content (AvgIpc) is 2.92. The first-order valence-electron chi connectivity index (χ1n) is 9.04. The molecule has 3 aromatic heterocycles. The summed E-state index contributed by atoms with van der Waals surface area (Å²) in [7, 11) is 1.71. The van der Waals surface area contributed by atoms with E-state index in [4.69, 9.17) is 4.42 Å². The van der Waals surface area contributed by atoms with E-state index in [0.29, 0.717) is 35.5 Å². The molecule has 0 spiro atoms. The van der Waals surface area contributed by atoms with Gasteiger partial charge in [0, 0.05) is 25.7 Å². The van der Waals surface area contributed by atoms with Crippen molar-refractivity contribution in [2.75, 3.05) is 6.54 Å². The molecule has 8 heteroatoms. The molecular formula is C18H21N5O3. The van der Waals surface area contributed by atoms with Gasteiger partial charge in [0.05, 0.1) is 11.6 Å². The highest BCUT2D eigenvalue weighted by molar-refractivity contribution is 5.97. The first kappa shape index (κ1) is 15.5. The summed E-state index contributed by atoms with van der Waals surface area (Å²) in [5, 5.41) is 6.74. The molecule has 0 radical (unpaired) electrons. The van der Waals surface area contributed by atoms with Crippen molar-refractivity contribution in [3.8, 4) is 0 Å². The SMILES string of the molecule is Cc1cc2[nH]c(C(=O)N3CCC(C4CC4)C3c3n[nH]c(=O)n3C)cc2o1. The Bertz CT molecular complexity index is 1020. The van der Waals surface area contributed by atoms with Gasteiger partial charge in [-0.05, 0) is 38.0 Å². The van der Waals surface area contributed by atoms with Gasteiger partial charge in [0.15, 0.2) is 11.4 Å². The maximum absolute atomic E-state index is 13.2. The van der Waals surface area contributed by atoms with Crippen molar-refractivity contribution in [3.05, 3.63) is 39.9 Å². The van der Waals surface area contributed by atoms with E-state index in [0.717, 1.165) is 17.7 Å². The number of rotatable bonds is 3. The Morgan fingerprint density at radius 1 is 1.31 bits per heavy atom. The summed E-state index contributed by atoms with van der Waals surface area (Å²) in [6, 6.07) is 3.48. The number of aryl methyl sites for hydroxylation is 1. The number of fused-ring (bicyclic) bond motifs is 1. The van der Waals surface area contributed by atoms with Crippen LogP contribution in [0.25, 0.3) is 11.1 Å². The third-order valence-corrected chi connectivity index (χ3v) is 5.77. The van der Waals surface area contributed by atoms with E-state index in [1.165, 1.54) is 17.4 Å². The van der Waals surface area contributed by atoms with Crippen LogP contribution in [0.15, 0.2) is 21.3 Å². The predicted molar refractivity (Wildman–Crippen MR) is 93.7 cm³/mol. The zero-order valence-electron chi connectivity index (χ0n) is 14.8. The number of hydrogen-bond acceptors (Lipinski definition) is 4. The molecule has 1 aliphatic carbocycles. The van der Waals surface area contributed by atoms with Crippen LogP contribution in [0, 0.1) is 18.8 Å². The monoisotopic (exact) mass is 355 g/mol. The van der Waals surface area contributed by atoms with Crippen LogP contribution in [0.1, 0.15) is 47.4 Å². The molecule has 2 atom stereocenters. The number of carbonyl (C=O) groups excluding carboxylic acids is 1. The van der Waals surface area contributed by atoms with Gasteiger partial charge in [-0.3, -0.25) is 9.36 Å². The molecule has 1 aliphatic heterocycles. The van der Waals surface area contributed by atoms with E-state index in [-0.39, 0.29) is 17.6 Å². The Balaban J connectivity index is 1.53. The van der Waals surface area contributed by atoms with Gasteiger partial charge in [-0.1, -0.05) is 0 Å². The Hall–Kier alpha value is -2.77. The quantitative estimate of drug-likeness (QED) is 0.751. The Labute approximate surface area is 149 Å². The minimum absolute atomic E-state index is 0.0716. The highest BCUT2D eigenvalue weighted by Gasteiger charge is 2.47. The van der Waals surface area contributed by atoms with Gasteiger partial charge in [0.2, 0.25) is 0 Å². The molecule has 136 valence electrons. The van der Waals surface area contributed by atoms with Crippen LogP contribution >= 0.6 is 0 Å². The van der Waals surface area contributed by atoms with Crippen LogP contribution in [0.5, 0.6) is 0 Å². The molecule has 26 heavy (non-hydrogen) atoms. The first-order chi connectivity index (χ1) is 12.5. The van der Waals surface area contributed by atoms with E-state index in [9.17, 15) is 9.59 Å². The molecule has 2 N–H and O–H groups in total. The number of aromatic amines is 2. The molecule has 2 unspecified atom stereocenters. The summed E-state index contributed by atoms with van der Waals surface area (Å²) in [5.41, 5.74) is 1.78. The molecule has 3 aromatic rings. The molecule has 2 aliphatic rings. The lowest BCUT2D eigenvalue weighted by molar-refractivity contribution is 0.0696. The summed E-state index contributed by atoms with van der Waals surface area (Å²) < 4.78 is 7.12. The Kier molecular flexibility index (Phi) is 3.19. The van der Waals surface area contributed by atoms with Gasteiger partial charge in [-0.15, -0.1) is 0 Å². The van der Waals surface area contributed by atoms with Crippen LogP contribution in [-0.4, -0.2) is 37.1 Å². The van der Waals surface area contributed by atoms with Gasteiger partial charge in [0.1, 0.15) is 11.5 Å². The molecular weight excluding hydrogens is 334 g/mol. The summed E-state index contributed by atoms with van der Waals surface area (Å²) in [4.78, 5) is 30.1. The smallest absolute Gasteiger partial charge is 0.343 e. The van der Waals surface area contributed by atoms with E-state index in [1.807, 2.05) is 17.9 Å². The third-order valence-electron chi connectivity index (χ3n) is 5.77. The molecule has 2 fully saturated rings. The standard InChI is InChI=1S/C18H21N5O3/c1-9-7-12-14(26-9)8-13(19-12)17(24)23-6-5-11(10-3-4-10)15(23)16-20-21-18(25)22(16)2/h7-8,10-11,15,19H,3-6H2,1-2H3,(H,21,25). The summed E-state index contributed by atoms with van der Waals surface area (Å²) in [6.07, 6.45) is 3.32. The zero-order valence-corrected chi connectivity index (χ0v) is 14.8. The van der Waals surface area contributed by atoms with E-state index in [1.54, 1.807) is 13.1 Å². The number of amides is 1. The van der Waals surface area contributed by atoms with Crippen molar-refractivity contribution in [1.82, 2.24) is 24.6 Å². The lowest BCUT2D eigenvalue weighted by atomic mass is 9.94. The number of likely N-dealkylation sites (tertiary alicyclic amines) is 1. The van der Waals surface area contributed by atoms with Crippen molar-refractivity contribution < 1.29 is 9.21 Å². The number of nitrogens with one attached hydrogen (secondary N) is 2. The third kappa shape index (κ3) is 2.24. The van der Waals surface area contributed by atoms with Crippen molar-refractivity contribution in [2.45, 2.75) is 32.2 Å². The maximum Gasteiger partial charge on any atom is 0.343 e. The lowest BCUT2D eigenvalue weighted by Crippen LogP contribution is -2.35. The fraction of sp³-hybridized carbons (Fsp3) is 0.500. The molecule has 1 saturated heterocycles. The number of nitrogens with zero attached hydrogens (tertiary/aromatic N) is 3. The van der Waals surface area contributed by atoms with Crippen LogP contribution < -0.4 is 5.69 Å². The van der Waals surface area contributed by atoms with E-state index < -0.39 is 0 Å². The second-order valence-electron chi connectivity index (χ2n) is 7.50. The maximum atomic E-state index is 13.2. The van der Waals surface area contributed by atoms with Crippen molar-refractivity contribution in [1.29, 1.82) is 0 Å². The molecule has 1 saturated carbocycles. The number of hydrogen-bond donors (Lipinski definition) is 2. The Morgan fingerprint density at radius 2 is 2.12 bits per heavy atom. The number of furan rings is 1. The molecule has 5 rings (SSSR count). The fourth-order valence-electron chi connectivity index (χ4n) is 4.34. The molecule has 4 heterocycles. The highest BCUT2D eigenvalue weighted by atomic mass is 16.3. The summed E-state index contributed by atoms with van der Waals surface area (Å²) in [6.45, 7) is 2.55. The van der Waals surface area contributed by atoms with Gasteiger partial charge in [-0.2, -0.15) is 5.10 Å². The zero-order chi connectivity index (χ0) is 18.0. The van der Waals surface area contributed by atoms with Crippen molar-refractivity contribution in [3.63, 3.8) is 0 Å². The topological polar surface area (TPSA) is 99.9 Å². The largest absolute Gasteiger partial charge is 0.460 e. The van der Waals surface area contributed by atoms with Gasteiger partial charge in [0.25, 0.3) is 5.91 Å². The fourth-order valence-corrected chi connectivity index (χ4v) is 4.34. The van der Waals surface area contributed by atoms with Crippen LogP contribution in [-0.2, 0) is 7.05 Å².